The number of Topliss-reactive ketones (excluding diaryl/α,β-unsaturated/α-hetero) is 2. The van der Waals surface area contributed by atoms with E-state index in [4.69, 9.17) is 9.47 Å². The summed E-state index contributed by atoms with van der Waals surface area (Å²) in [5, 5.41) is 9.87. The van der Waals surface area contributed by atoms with Crippen LogP contribution in [0.15, 0.2) is 24.3 Å². The van der Waals surface area contributed by atoms with Crippen LogP contribution in [0, 0.1) is 35.5 Å². The number of aliphatic hydroxyl groups is 1. The summed E-state index contributed by atoms with van der Waals surface area (Å²) >= 11 is 0. The molecule has 4 saturated heterocycles. The molecule has 0 radical (unpaired) electrons. The number of allylic oxidation sites excluding steroid dienone is 4. The first kappa shape index (κ1) is 48.3. The number of aldehydes is 1. The molecule has 10 heteroatoms. The molecule has 0 aromatic heterocycles. The molecule has 6 heterocycles. The van der Waals surface area contributed by atoms with Gasteiger partial charge in [0.15, 0.2) is 11.6 Å². The van der Waals surface area contributed by atoms with Crippen LogP contribution in [-0.2, 0) is 33.4 Å². The van der Waals surface area contributed by atoms with Crippen LogP contribution in [-0.4, -0.2) is 99.8 Å². The van der Waals surface area contributed by atoms with E-state index in [1.54, 1.807) is 4.90 Å². The van der Waals surface area contributed by atoms with Crippen molar-refractivity contribution < 1.29 is 38.6 Å². The molecule has 10 nitrogen and oxygen atoms in total. The van der Waals surface area contributed by atoms with E-state index in [9.17, 15) is 29.1 Å². The van der Waals surface area contributed by atoms with Gasteiger partial charge in [-0.1, -0.05) is 63.8 Å². The van der Waals surface area contributed by atoms with Crippen LogP contribution in [0.25, 0.3) is 0 Å². The summed E-state index contributed by atoms with van der Waals surface area (Å²) in [6.45, 7) is 13.3. The second-order valence-electron chi connectivity index (χ2n) is 20.6. The first-order valence-electron chi connectivity index (χ1n) is 24.0. The minimum Gasteiger partial charge on any atom is -0.396 e. The van der Waals surface area contributed by atoms with E-state index in [-0.39, 0.29) is 95.3 Å². The van der Waals surface area contributed by atoms with Crippen molar-refractivity contribution in [3.63, 3.8) is 0 Å². The largest absolute Gasteiger partial charge is 0.396 e. The highest BCUT2D eigenvalue weighted by Gasteiger charge is 2.56. The number of fused-ring (bicyclic) bond motifs is 6. The monoisotopic (exact) mass is 837 g/mol. The number of carbonyl (C=O) groups excluding carboxylic acids is 5. The second-order valence-corrected chi connectivity index (χ2v) is 20.6. The van der Waals surface area contributed by atoms with Crippen molar-refractivity contribution in [3.05, 3.63) is 24.3 Å². The van der Waals surface area contributed by atoms with Gasteiger partial charge >= 0.3 is 0 Å². The fourth-order valence-electron chi connectivity index (χ4n) is 11.2. The first-order chi connectivity index (χ1) is 28.6. The molecule has 0 aromatic rings. The minimum absolute atomic E-state index is 0.0130. The zero-order valence-electron chi connectivity index (χ0n) is 38.1. The molecular formula is C50H80N2O8. The molecule has 10 atom stereocenters. The third-order valence-corrected chi connectivity index (χ3v) is 14.3. The van der Waals surface area contributed by atoms with E-state index in [1.165, 1.54) is 0 Å². The smallest absolute Gasteiger partial charge is 0.226 e. The van der Waals surface area contributed by atoms with Crippen LogP contribution in [0.1, 0.15) is 170 Å². The summed E-state index contributed by atoms with van der Waals surface area (Å²) in [6.07, 6.45) is 27.9. The molecule has 6 aliphatic heterocycles. The summed E-state index contributed by atoms with van der Waals surface area (Å²) in [5.74, 6) is 0.0435. The number of hydrogen-bond donors (Lipinski definition) is 1. The molecule has 4 fully saturated rings. The zero-order chi connectivity index (χ0) is 43.5. The maximum Gasteiger partial charge on any atom is 0.226 e. The molecular weight excluding hydrogens is 757 g/mol. The standard InChI is InChI=1S/C25H41NO4.C25H39NO4/c2*1-18-12-10-8-6-4-5-7-9-11-13-19(17-27)14-21(28)23-20-15-25(2,3)30-22(20)16-26(23)24(18)29/h4-5,18-20,22-23,27H,6-17H2,1-3H3;4-5,17-20,22-23H,6-16H2,1-3H3/t2*18-,19+,20-,22?,23-/m00/s1. The third-order valence-electron chi connectivity index (χ3n) is 14.3. The average molecular weight is 837 g/mol. The van der Waals surface area contributed by atoms with Gasteiger partial charge in [0.05, 0.1) is 35.5 Å². The lowest BCUT2D eigenvalue weighted by atomic mass is 9.84. The Bertz CT molecular complexity index is 1500. The highest BCUT2D eigenvalue weighted by Crippen LogP contribution is 2.45. The van der Waals surface area contributed by atoms with Crippen LogP contribution in [0.4, 0.5) is 0 Å². The van der Waals surface area contributed by atoms with Crippen molar-refractivity contribution >= 4 is 29.7 Å². The number of rotatable bonds is 2. The van der Waals surface area contributed by atoms with Gasteiger partial charge in [0.2, 0.25) is 11.8 Å². The summed E-state index contributed by atoms with van der Waals surface area (Å²) < 4.78 is 12.4. The second kappa shape index (κ2) is 22.6. The van der Waals surface area contributed by atoms with Crippen molar-refractivity contribution in [2.45, 2.75) is 205 Å². The number of amides is 2. The van der Waals surface area contributed by atoms with Crippen LogP contribution in [0.3, 0.4) is 0 Å². The molecule has 0 bridgehead atoms. The van der Waals surface area contributed by atoms with Gasteiger partial charge in [0, 0.05) is 62.1 Å². The van der Waals surface area contributed by atoms with Crippen LogP contribution >= 0.6 is 0 Å². The Labute approximate surface area is 362 Å². The molecule has 60 heavy (non-hydrogen) atoms. The molecule has 2 unspecified atom stereocenters. The van der Waals surface area contributed by atoms with Crippen LogP contribution < -0.4 is 0 Å². The molecule has 0 spiro atoms. The molecule has 0 saturated carbocycles. The summed E-state index contributed by atoms with van der Waals surface area (Å²) in [4.78, 5) is 68.8. The van der Waals surface area contributed by atoms with Gasteiger partial charge in [-0.3, -0.25) is 19.2 Å². The lowest BCUT2D eigenvalue weighted by Gasteiger charge is -2.31. The maximum atomic E-state index is 13.4. The van der Waals surface area contributed by atoms with Gasteiger partial charge < -0.3 is 29.2 Å². The van der Waals surface area contributed by atoms with Gasteiger partial charge in [-0.15, -0.1) is 0 Å². The highest BCUT2D eigenvalue weighted by atomic mass is 16.5. The Balaban J connectivity index is 0.000000228. The Morgan fingerprint density at radius 1 is 0.617 bits per heavy atom. The van der Waals surface area contributed by atoms with Gasteiger partial charge in [-0.2, -0.15) is 0 Å². The van der Waals surface area contributed by atoms with Crippen molar-refractivity contribution in [2.24, 2.45) is 35.5 Å². The van der Waals surface area contributed by atoms with Crippen molar-refractivity contribution in [1.29, 1.82) is 0 Å². The fraction of sp³-hybridized carbons (Fsp3) is 0.820. The molecule has 6 rings (SSSR count). The highest BCUT2D eigenvalue weighted by molar-refractivity contribution is 5.92. The number of aliphatic hydroxyl groups excluding tert-OH is 1. The predicted octanol–water partition coefficient (Wildman–Crippen LogP) is 8.76. The first-order valence-corrected chi connectivity index (χ1v) is 24.0. The van der Waals surface area contributed by atoms with Crippen molar-refractivity contribution in [3.8, 4) is 0 Å². The molecule has 0 aliphatic carbocycles. The molecule has 0 aromatic carbocycles. The van der Waals surface area contributed by atoms with Gasteiger partial charge in [0.1, 0.15) is 6.29 Å². The van der Waals surface area contributed by atoms with E-state index >= 15 is 0 Å². The topological polar surface area (TPSA) is 131 Å². The SMILES string of the molecule is C[C@H]1CCCCC=CCCCC[C@@H](C=O)CC(=O)[C@@H]2[C@H]3CC(C)(C)OC3CN2C1=O.C[C@H]1CCCCC=CCCCC[C@@H](CO)CC(=O)[C@@H]2[C@H]3CC(C)(C)OC3CN2C1=O. The Morgan fingerprint density at radius 3 is 1.43 bits per heavy atom. The normalized spacial score (nSPS) is 36.3. The zero-order valence-corrected chi connectivity index (χ0v) is 38.1. The number of carbonyl (C=O) groups is 5. The Kier molecular flexibility index (Phi) is 18.2. The van der Waals surface area contributed by atoms with E-state index in [0.717, 1.165) is 122 Å². The molecule has 6 aliphatic rings. The lowest BCUT2D eigenvalue weighted by molar-refractivity contribution is -0.143. The van der Waals surface area contributed by atoms with E-state index in [1.807, 2.05) is 18.7 Å². The van der Waals surface area contributed by atoms with Gasteiger partial charge in [0.25, 0.3) is 0 Å². The number of ketones is 2. The van der Waals surface area contributed by atoms with Crippen molar-refractivity contribution in [1.82, 2.24) is 9.80 Å². The summed E-state index contributed by atoms with van der Waals surface area (Å²) in [5.41, 5.74) is -0.506. The number of ether oxygens (including phenoxy) is 2. The third kappa shape index (κ3) is 13.2. The number of nitrogens with zero attached hydrogens (tertiary/aromatic N) is 2. The summed E-state index contributed by atoms with van der Waals surface area (Å²) in [6, 6.07) is -0.829. The molecule has 1 N–H and O–H groups in total. The van der Waals surface area contributed by atoms with Crippen LogP contribution in [0.5, 0.6) is 0 Å². The van der Waals surface area contributed by atoms with Crippen LogP contribution in [0.2, 0.25) is 0 Å². The van der Waals surface area contributed by atoms with E-state index < -0.39 is 12.1 Å². The van der Waals surface area contributed by atoms with E-state index in [2.05, 4.69) is 52.0 Å². The average Bonchev–Trinajstić information content (AvgIpc) is 3.90. The quantitative estimate of drug-likeness (QED) is 0.216. The lowest BCUT2D eigenvalue weighted by Crippen LogP contribution is -2.46. The molecule has 2 amide bonds. The predicted molar refractivity (Wildman–Crippen MR) is 235 cm³/mol. The summed E-state index contributed by atoms with van der Waals surface area (Å²) in [7, 11) is 0. The van der Waals surface area contributed by atoms with Gasteiger partial charge in [-0.25, -0.2) is 0 Å². The molecule has 338 valence electrons. The minimum atomic E-state index is -0.438. The number of hydrogen-bond acceptors (Lipinski definition) is 8. The van der Waals surface area contributed by atoms with Crippen molar-refractivity contribution in [2.75, 3.05) is 19.7 Å². The Morgan fingerprint density at radius 2 is 1.02 bits per heavy atom. The fourth-order valence-corrected chi connectivity index (χ4v) is 11.2. The van der Waals surface area contributed by atoms with E-state index in [0.29, 0.717) is 19.5 Å². The maximum absolute atomic E-state index is 13.4. The Hall–Kier alpha value is -2.69. The van der Waals surface area contributed by atoms with Gasteiger partial charge in [-0.05, 0) is 124 Å².